The van der Waals surface area contributed by atoms with Crippen molar-refractivity contribution in [2.24, 2.45) is 5.10 Å². The summed E-state index contributed by atoms with van der Waals surface area (Å²) < 4.78 is 45.4. The smallest absolute Gasteiger partial charge is 0.438 e. The van der Waals surface area contributed by atoms with Crippen LogP contribution in [0.5, 0.6) is 5.75 Å². The van der Waals surface area contributed by atoms with Gasteiger partial charge in [-0.25, -0.2) is 0 Å². The van der Waals surface area contributed by atoms with E-state index in [9.17, 15) is 23.1 Å². The number of hydrazone groups is 1. The number of rotatable bonds is 7. The topological polar surface area (TPSA) is 62.1 Å². The number of hydrogen-bond acceptors (Lipinski definition) is 4. The summed E-state index contributed by atoms with van der Waals surface area (Å²) in [4.78, 5) is 12.3. The van der Waals surface area contributed by atoms with Crippen LogP contribution >= 0.6 is 23.2 Å². The number of alkyl halides is 3. The molecule has 0 saturated heterocycles. The fourth-order valence-electron chi connectivity index (χ4n) is 2.61. The van der Waals surface area contributed by atoms with E-state index >= 15 is 0 Å². The van der Waals surface area contributed by atoms with Crippen molar-refractivity contribution in [2.45, 2.75) is 50.9 Å². The Kier molecular flexibility index (Phi) is 6.99. The fourth-order valence-corrected chi connectivity index (χ4v) is 3.07. The van der Waals surface area contributed by atoms with E-state index in [2.05, 4.69) is 5.10 Å². The van der Waals surface area contributed by atoms with E-state index in [-0.39, 0.29) is 27.9 Å². The number of amides is 1. The van der Waals surface area contributed by atoms with Crippen LogP contribution in [-0.2, 0) is 4.79 Å². The van der Waals surface area contributed by atoms with Crippen molar-refractivity contribution in [2.75, 3.05) is 6.61 Å². The Hall–Kier alpha value is -1.51. The Morgan fingerprint density at radius 2 is 2.07 bits per heavy atom. The van der Waals surface area contributed by atoms with Crippen LogP contribution in [-0.4, -0.2) is 40.2 Å². The standard InChI is InChI=1S/C17H19Cl2F3N2O3/c1-2-3-4-5-12-9-16(26,17(20,21)22)24(23-12)15(25)10-27-14-7-6-11(18)8-13(14)19/h6-8,26H,2-5,9-10H2,1H3/t16-/m0/s1. The number of nitrogens with zero attached hydrogens (tertiary/aromatic N) is 2. The molecule has 1 aliphatic rings. The molecule has 1 aromatic carbocycles. The zero-order valence-corrected chi connectivity index (χ0v) is 16.0. The first-order valence-corrected chi connectivity index (χ1v) is 9.10. The van der Waals surface area contributed by atoms with E-state index < -0.39 is 30.8 Å². The summed E-state index contributed by atoms with van der Waals surface area (Å²) in [6.07, 6.45) is -3.23. The zero-order chi connectivity index (χ0) is 20.2. The van der Waals surface area contributed by atoms with Gasteiger partial charge >= 0.3 is 6.18 Å². The molecule has 10 heteroatoms. The molecule has 0 aliphatic carbocycles. The number of benzene rings is 1. The lowest BCUT2D eigenvalue weighted by Crippen LogP contribution is -2.57. The molecule has 5 nitrogen and oxygen atoms in total. The van der Waals surface area contributed by atoms with Gasteiger partial charge in [-0.1, -0.05) is 43.0 Å². The average molecular weight is 427 g/mol. The molecule has 27 heavy (non-hydrogen) atoms. The number of carbonyl (C=O) groups is 1. The minimum absolute atomic E-state index is 0.0676. The van der Waals surface area contributed by atoms with Crippen molar-refractivity contribution in [3.63, 3.8) is 0 Å². The lowest BCUT2D eigenvalue weighted by molar-refractivity contribution is -0.302. The van der Waals surface area contributed by atoms with Crippen LogP contribution in [0.1, 0.15) is 39.0 Å². The fraction of sp³-hybridized carbons (Fsp3) is 0.529. The normalized spacial score (nSPS) is 20.0. The lowest BCUT2D eigenvalue weighted by Gasteiger charge is -2.32. The summed E-state index contributed by atoms with van der Waals surface area (Å²) in [6.45, 7) is 1.18. The summed E-state index contributed by atoms with van der Waals surface area (Å²) in [6, 6.07) is 4.21. The molecule has 0 saturated carbocycles. The highest BCUT2D eigenvalue weighted by Crippen LogP contribution is 2.41. The lowest BCUT2D eigenvalue weighted by atomic mass is 10.0. The molecule has 0 fully saturated rings. The Balaban J connectivity index is 2.13. The number of hydrogen-bond donors (Lipinski definition) is 1. The van der Waals surface area contributed by atoms with Gasteiger partial charge in [0.1, 0.15) is 5.75 Å². The Labute approximate surface area is 164 Å². The highest BCUT2D eigenvalue weighted by Gasteiger charge is 2.63. The van der Waals surface area contributed by atoms with Crippen molar-refractivity contribution < 1.29 is 27.8 Å². The van der Waals surface area contributed by atoms with E-state index in [0.717, 1.165) is 12.8 Å². The summed E-state index contributed by atoms with van der Waals surface area (Å²) in [5.41, 5.74) is -3.25. The van der Waals surface area contributed by atoms with Gasteiger partial charge in [-0.2, -0.15) is 23.3 Å². The van der Waals surface area contributed by atoms with E-state index in [1.54, 1.807) is 0 Å². The molecule has 0 spiro atoms. The number of ether oxygens (including phenoxy) is 1. The molecule has 1 N–H and O–H groups in total. The van der Waals surface area contributed by atoms with E-state index in [4.69, 9.17) is 27.9 Å². The highest BCUT2D eigenvalue weighted by molar-refractivity contribution is 6.35. The Bertz CT molecular complexity index is 728. The van der Waals surface area contributed by atoms with E-state index in [1.807, 2.05) is 6.92 Å². The molecule has 1 aromatic rings. The van der Waals surface area contributed by atoms with Gasteiger partial charge in [-0.3, -0.25) is 4.79 Å². The molecule has 1 amide bonds. The highest BCUT2D eigenvalue weighted by atomic mass is 35.5. The molecule has 150 valence electrons. The first-order chi connectivity index (χ1) is 12.6. The van der Waals surface area contributed by atoms with E-state index in [0.29, 0.717) is 11.4 Å². The second kappa shape index (κ2) is 8.67. The van der Waals surface area contributed by atoms with Crippen LogP contribution < -0.4 is 4.74 Å². The average Bonchev–Trinajstić information content (AvgIpc) is 2.92. The van der Waals surface area contributed by atoms with E-state index in [1.165, 1.54) is 18.2 Å². The van der Waals surface area contributed by atoms with Crippen molar-refractivity contribution in [1.29, 1.82) is 0 Å². The van der Waals surface area contributed by atoms with Crippen molar-refractivity contribution in [3.05, 3.63) is 28.2 Å². The van der Waals surface area contributed by atoms with Gasteiger partial charge in [-0.15, -0.1) is 0 Å². The molecular formula is C17H19Cl2F3N2O3. The number of aliphatic hydroxyl groups is 1. The van der Waals surface area contributed by atoms with Gasteiger partial charge in [0.05, 0.1) is 5.02 Å². The quantitative estimate of drug-likeness (QED) is 0.637. The number of unbranched alkanes of at least 4 members (excludes halogenated alkanes) is 2. The predicted molar refractivity (Wildman–Crippen MR) is 96.0 cm³/mol. The monoisotopic (exact) mass is 426 g/mol. The summed E-state index contributed by atoms with van der Waals surface area (Å²) in [5.74, 6) is -1.05. The molecular weight excluding hydrogens is 408 g/mol. The maximum absolute atomic E-state index is 13.4. The largest absolute Gasteiger partial charge is 0.482 e. The van der Waals surface area contributed by atoms with Gasteiger partial charge in [0.25, 0.3) is 11.6 Å². The van der Waals surface area contributed by atoms with Crippen LogP contribution in [0.15, 0.2) is 23.3 Å². The first-order valence-electron chi connectivity index (χ1n) is 8.35. The summed E-state index contributed by atoms with van der Waals surface area (Å²) >= 11 is 11.7. The molecule has 1 aliphatic heterocycles. The minimum atomic E-state index is -5.06. The minimum Gasteiger partial charge on any atom is -0.482 e. The third kappa shape index (κ3) is 5.06. The zero-order valence-electron chi connectivity index (χ0n) is 14.5. The van der Waals surface area contributed by atoms with Gasteiger partial charge in [0.15, 0.2) is 6.61 Å². The molecule has 2 rings (SSSR count). The summed E-state index contributed by atoms with van der Waals surface area (Å²) in [7, 11) is 0. The SMILES string of the molecule is CCCCCC1=NN(C(=O)COc2ccc(Cl)cc2Cl)[C@@](O)(C(F)(F)F)C1. The second-order valence-corrected chi connectivity index (χ2v) is 7.03. The van der Waals surface area contributed by atoms with Crippen molar-refractivity contribution in [3.8, 4) is 5.75 Å². The van der Waals surface area contributed by atoms with Crippen LogP contribution in [0.4, 0.5) is 13.2 Å². The van der Waals surface area contributed by atoms with Crippen molar-refractivity contribution in [1.82, 2.24) is 5.01 Å². The maximum Gasteiger partial charge on any atom is 0.438 e. The number of carbonyl (C=O) groups excluding carboxylic acids is 1. The van der Waals surface area contributed by atoms with Gasteiger partial charge in [0.2, 0.25) is 0 Å². The molecule has 0 radical (unpaired) electrons. The second-order valence-electron chi connectivity index (χ2n) is 6.18. The first kappa shape index (κ1) is 21.8. The molecule has 0 bridgehead atoms. The van der Waals surface area contributed by atoms with Crippen molar-refractivity contribution >= 4 is 34.8 Å². The molecule has 0 unspecified atom stereocenters. The third-order valence-electron chi connectivity index (χ3n) is 4.05. The summed E-state index contributed by atoms with van der Waals surface area (Å²) in [5, 5.41) is 14.4. The molecule has 0 aromatic heterocycles. The molecule has 1 heterocycles. The van der Waals surface area contributed by atoms with Crippen LogP contribution in [0, 0.1) is 0 Å². The Morgan fingerprint density at radius 3 is 2.67 bits per heavy atom. The van der Waals surface area contributed by atoms with Gasteiger partial charge in [-0.05, 0) is 31.0 Å². The van der Waals surface area contributed by atoms with Gasteiger partial charge in [0, 0.05) is 17.2 Å². The van der Waals surface area contributed by atoms with Crippen LogP contribution in [0.3, 0.4) is 0 Å². The predicted octanol–water partition coefficient (Wildman–Crippen LogP) is 4.79. The Morgan fingerprint density at radius 1 is 1.37 bits per heavy atom. The number of halogens is 5. The maximum atomic E-state index is 13.4. The third-order valence-corrected chi connectivity index (χ3v) is 4.58. The van der Waals surface area contributed by atoms with Gasteiger partial charge < -0.3 is 9.84 Å². The molecule has 1 atom stereocenters. The van der Waals surface area contributed by atoms with Crippen LogP contribution in [0.2, 0.25) is 10.0 Å². The van der Waals surface area contributed by atoms with Crippen LogP contribution in [0.25, 0.3) is 0 Å².